The first-order chi connectivity index (χ1) is 18.1. The predicted molar refractivity (Wildman–Crippen MR) is 156 cm³/mol. The molecule has 5 heterocycles. The number of fused-ring (bicyclic) bond motifs is 3. The summed E-state index contributed by atoms with van der Waals surface area (Å²) in [5.74, 6) is -0.120. The maximum atomic E-state index is 13.9. The van der Waals surface area contributed by atoms with Crippen LogP contribution in [0.4, 0.5) is 5.00 Å². The monoisotopic (exact) mass is 538 g/mol. The average molecular weight is 539 g/mol. The molecule has 2 aromatic carbocycles. The van der Waals surface area contributed by atoms with E-state index < -0.39 is 0 Å². The van der Waals surface area contributed by atoms with Crippen LogP contribution in [0.5, 0.6) is 0 Å². The van der Waals surface area contributed by atoms with E-state index in [4.69, 9.17) is 9.97 Å². The number of likely N-dealkylation sites (N-methyl/N-ethyl adjacent to an activating group) is 1. The van der Waals surface area contributed by atoms with E-state index in [0.717, 1.165) is 66.8 Å². The molecule has 0 atom stereocenters. The van der Waals surface area contributed by atoms with Crippen molar-refractivity contribution in [2.75, 3.05) is 18.9 Å². The molecule has 1 amide bonds. The summed E-state index contributed by atoms with van der Waals surface area (Å²) in [6.07, 6.45) is 0.949. The lowest BCUT2D eigenvalue weighted by molar-refractivity contribution is 0.102. The maximum absolute atomic E-state index is 13.9. The zero-order valence-corrected chi connectivity index (χ0v) is 22.5. The Morgan fingerprint density at radius 3 is 2.65 bits per heavy atom. The van der Waals surface area contributed by atoms with Crippen molar-refractivity contribution in [3.8, 4) is 21.1 Å². The lowest BCUT2D eigenvalue weighted by Gasteiger charge is -2.22. The van der Waals surface area contributed by atoms with Crippen molar-refractivity contribution < 1.29 is 4.79 Å². The number of aromatic nitrogens is 2. The van der Waals surface area contributed by atoms with E-state index in [1.54, 1.807) is 34.0 Å². The second-order valence-corrected chi connectivity index (χ2v) is 12.3. The van der Waals surface area contributed by atoms with Gasteiger partial charge in [0.15, 0.2) is 0 Å². The highest BCUT2D eigenvalue weighted by atomic mass is 32.1. The number of hydrogen-bond acceptors (Lipinski definition) is 7. The number of thiazole rings is 1. The molecule has 0 saturated heterocycles. The van der Waals surface area contributed by atoms with Crippen molar-refractivity contribution in [2.45, 2.75) is 13.0 Å². The second kappa shape index (κ2) is 9.15. The fourth-order valence-electron chi connectivity index (χ4n) is 4.91. The Bertz CT molecular complexity index is 1750. The molecule has 1 aliphatic heterocycles. The molecule has 0 spiro atoms. The molecule has 0 bridgehead atoms. The number of anilines is 1. The van der Waals surface area contributed by atoms with Gasteiger partial charge >= 0.3 is 0 Å². The lowest BCUT2D eigenvalue weighted by Crippen LogP contribution is -2.25. The van der Waals surface area contributed by atoms with Crippen LogP contribution in [0.3, 0.4) is 0 Å². The molecule has 8 heteroatoms. The van der Waals surface area contributed by atoms with Crippen LogP contribution in [0, 0.1) is 0 Å². The lowest BCUT2D eigenvalue weighted by atomic mass is 10.0. The number of amides is 1. The number of carbonyl (C=O) groups excluding carboxylic acids is 1. The van der Waals surface area contributed by atoms with Crippen LogP contribution in [0.2, 0.25) is 0 Å². The topological polar surface area (TPSA) is 58.1 Å². The second-order valence-electron chi connectivity index (χ2n) is 9.19. The summed E-state index contributed by atoms with van der Waals surface area (Å²) >= 11 is 5.00. The zero-order valence-electron chi connectivity index (χ0n) is 20.0. The molecular weight excluding hydrogens is 517 g/mol. The Morgan fingerprint density at radius 1 is 0.973 bits per heavy atom. The highest BCUT2D eigenvalue weighted by Crippen LogP contribution is 2.45. The molecule has 0 unspecified atom stereocenters. The molecule has 182 valence electrons. The predicted octanol–water partition coefficient (Wildman–Crippen LogP) is 7.54. The molecule has 0 saturated carbocycles. The minimum atomic E-state index is -0.120. The van der Waals surface area contributed by atoms with Crippen molar-refractivity contribution in [2.24, 2.45) is 0 Å². The SMILES string of the molecule is CN1CCc2c(sc(NC(=O)c3cc(-c4cccs4)nc4ccccc34)c2-c2nc3ccccc3s2)C1. The first-order valence-corrected chi connectivity index (χ1v) is 14.6. The van der Waals surface area contributed by atoms with Crippen LogP contribution >= 0.6 is 34.0 Å². The van der Waals surface area contributed by atoms with E-state index in [9.17, 15) is 4.79 Å². The van der Waals surface area contributed by atoms with E-state index >= 15 is 0 Å². The molecule has 37 heavy (non-hydrogen) atoms. The van der Waals surface area contributed by atoms with Gasteiger partial charge in [-0.1, -0.05) is 36.4 Å². The molecule has 5 nitrogen and oxygen atoms in total. The normalized spacial score (nSPS) is 13.8. The average Bonchev–Trinajstić information content (AvgIpc) is 3.66. The van der Waals surface area contributed by atoms with Crippen molar-refractivity contribution in [3.63, 3.8) is 0 Å². The summed E-state index contributed by atoms with van der Waals surface area (Å²) in [5, 5.41) is 8.04. The van der Waals surface area contributed by atoms with Gasteiger partial charge in [0.05, 0.1) is 31.9 Å². The van der Waals surface area contributed by atoms with Gasteiger partial charge in [-0.05, 0) is 54.7 Å². The van der Waals surface area contributed by atoms with Crippen molar-refractivity contribution in [1.29, 1.82) is 0 Å². The van der Waals surface area contributed by atoms with Gasteiger partial charge in [-0.15, -0.1) is 34.0 Å². The number of carbonyl (C=O) groups is 1. The van der Waals surface area contributed by atoms with E-state index in [0.29, 0.717) is 5.56 Å². The zero-order chi connectivity index (χ0) is 24.9. The van der Waals surface area contributed by atoms with Crippen LogP contribution in [-0.2, 0) is 13.0 Å². The van der Waals surface area contributed by atoms with E-state index in [2.05, 4.69) is 29.4 Å². The highest BCUT2D eigenvalue weighted by Gasteiger charge is 2.27. The Kier molecular flexibility index (Phi) is 5.62. The van der Waals surface area contributed by atoms with E-state index in [-0.39, 0.29) is 5.91 Å². The maximum Gasteiger partial charge on any atom is 0.257 e. The van der Waals surface area contributed by atoms with Crippen molar-refractivity contribution >= 4 is 66.0 Å². The molecule has 7 rings (SSSR count). The number of para-hydroxylation sites is 2. The van der Waals surface area contributed by atoms with Gasteiger partial charge in [0.2, 0.25) is 0 Å². The number of hydrogen-bond donors (Lipinski definition) is 1. The quantitative estimate of drug-likeness (QED) is 0.252. The fourth-order valence-corrected chi connectivity index (χ4v) is 8.03. The molecular formula is C29H22N4OS3. The first-order valence-electron chi connectivity index (χ1n) is 12.1. The molecule has 0 fully saturated rings. The molecule has 6 aromatic rings. The fraction of sp³-hybridized carbons (Fsp3) is 0.138. The van der Waals surface area contributed by atoms with E-state index in [1.165, 1.54) is 10.4 Å². The summed E-state index contributed by atoms with van der Waals surface area (Å²) in [4.78, 5) is 28.4. The highest BCUT2D eigenvalue weighted by molar-refractivity contribution is 7.23. The van der Waals surface area contributed by atoms with Gasteiger partial charge in [-0.25, -0.2) is 9.97 Å². The smallest absolute Gasteiger partial charge is 0.257 e. The summed E-state index contributed by atoms with van der Waals surface area (Å²) in [6, 6.07) is 22.0. The van der Waals surface area contributed by atoms with Gasteiger partial charge in [0.1, 0.15) is 10.0 Å². The van der Waals surface area contributed by atoms with Crippen molar-refractivity contribution in [3.05, 3.63) is 88.1 Å². The van der Waals surface area contributed by atoms with Gasteiger partial charge in [0.25, 0.3) is 5.91 Å². The standard InChI is InChI=1S/C29H22N4OS3/c1-33-13-12-18-25(16-33)37-29(26(18)28-31-21-9-4-5-10-24(21)36-28)32-27(34)19-15-22(23-11-6-14-35-23)30-20-8-3-2-7-17(19)20/h2-11,14-15H,12-13,16H2,1H3,(H,32,34). The molecule has 1 N–H and O–H groups in total. The third-order valence-electron chi connectivity index (χ3n) is 6.72. The Labute approximate surface area is 226 Å². The Hall–Kier alpha value is -3.43. The molecule has 0 radical (unpaired) electrons. The third kappa shape index (κ3) is 4.06. The molecule has 0 aliphatic carbocycles. The number of pyridine rings is 1. The van der Waals surface area contributed by atoms with Crippen LogP contribution in [0.15, 0.2) is 72.1 Å². The minimum absolute atomic E-state index is 0.120. The van der Waals surface area contributed by atoms with Crippen LogP contribution in [0.1, 0.15) is 20.8 Å². The van der Waals surface area contributed by atoms with Gasteiger partial charge in [0, 0.05) is 28.9 Å². The van der Waals surface area contributed by atoms with Gasteiger partial charge in [-0.3, -0.25) is 4.79 Å². The number of nitrogens with one attached hydrogen (secondary N) is 1. The van der Waals surface area contributed by atoms with Crippen molar-refractivity contribution in [1.82, 2.24) is 14.9 Å². The summed E-state index contributed by atoms with van der Waals surface area (Å²) in [6.45, 7) is 1.88. The van der Waals surface area contributed by atoms with Crippen LogP contribution in [-0.4, -0.2) is 34.4 Å². The minimum Gasteiger partial charge on any atom is -0.313 e. The number of thiophene rings is 2. The molecule has 1 aliphatic rings. The summed E-state index contributed by atoms with van der Waals surface area (Å²) in [5.41, 5.74) is 5.66. The summed E-state index contributed by atoms with van der Waals surface area (Å²) < 4.78 is 1.16. The number of benzene rings is 2. The summed E-state index contributed by atoms with van der Waals surface area (Å²) in [7, 11) is 2.15. The Morgan fingerprint density at radius 2 is 1.81 bits per heavy atom. The Balaban J connectivity index is 1.35. The number of nitrogens with zero attached hydrogens (tertiary/aromatic N) is 3. The van der Waals surface area contributed by atoms with Crippen LogP contribution < -0.4 is 5.32 Å². The van der Waals surface area contributed by atoms with Crippen LogP contribution in [0.25, 0.3) is 42.3 Å². The van der Waals surface area contributed by atoms with Gasteiger partial charge in [-0.2, -0.15) is 0 Å². The van der Waals surface area contributed by atoms with E-state index in [1.807, 2.05) is 60.0 Å². The largest absolute Gasteiger partial charge is 0.313 e. The number of rotatable bonds is 4. The molecule has 4 aromatic heterocycles. The third-order valence-corrected chi connectivity index (χ3v) is 9.80. The van der Waals surface area contributed by atoms with Gasteiger partial charge < -0.3 is 10.2 Å². The first kappa shape index (κ1) is 22.7.